The van der Waals surface area contributed by atoms with Crippen LogP contribution in [0.5, 0.6) is 0 Å². The number of nitrogens with zero attached hydrogens (tertiary/aromatic N) is 3. The van der Waals surface area contributed by atoms with E-state index in [2.05, 4.69) is 39.5 Å². The van der Waals surface area contributed by atoms with Gasteiger partial charge in [0, 0.05) is 0 Å². The van der Waals surface area contributed by atoms with Crippen molar-refractivity contribution < 1.29 is 27.1 Å². The Balaban J connectivity index is 4.01. The first-order valence-corrected chi connectivity index (χ1v) is 15.9. The molecular formula is C24H42N3O6P3. The summed E-state index contributed by atoms with van der Waals surface area (Å²) in [5.41, 5.74) is 4.53. The highest BCUT2D eigenvalue weighted by molar-refractivity contribution is 7.78. The Morgan fingerprint density at radius 2 is 0.528 bits per heavy atom. The molecule has 0 unspecified atom stereocenters. The van der Waals surface area contributed by atoms with Gasteiger partial charge in [-0.1, -0.05) is 72.9 Å². The summed E-state index contributed by atoms with van der Waals surface area (Å²) in [6.45, 7) is 35.4. The second kappa shape index (κ2) is 14.7. The van der Waals surface area contributed by atoms with Crippen LogP contribution in [0.15, 0.2) is 86.5 Å². The molecule has 0 aromatic rings. The molecule has 0 saturated heterocycles. The van der Waals surface area contributed by atoms with E-state index in [9.17, 15) is 0 Å². The third-order valence-electron chi connectivity index (χ3n) is 3.55. The second-order valence-electron chi connectivity index (χ2n) is 9.12. The standard InChI is InChI=1S/C24H42N3O6P3/c1-19(2)13-28-34(29-14-20(3)4)25-35(30-15-21(5)6,31-16-22(7)8)27-36(26-34,32-17-23(9)10)33-18-24(11)12/h1,3,5,7,9,11,13-18H2,2,4,6,8,10,12H3. The maximum Gasteiger partial charge on any atom is 0.349 e. The van der Waals surface area contributed by atoms with E-state index in [4.69, 9.17) is 40.7 Å². The number of hydrogen-bond donors (Lipinski definition) is 0. The Morgan fingerprint density at radius 3 is 0.639 bits per heavy atom. The van der Waals surface area contributed by atoms with Gasteiger partial charge in [0.1, 0.15) is 0 Å². The summed E-state index contributed by atoms with van der Waals surface area (Å²) in [6.07, 6.45) is 0. The van der Waals surface area contributed by atoms with Gasteiger partial charge in [-0.25, -0.2) is 0 Å². The molecule has 0 fully saturated rings. The van der Waals surface area contributed by atoms with Gasteiger partial charge in [-0.15, -0.1) is 13.5 Å². The van der Waals surface area contributed by atoms with E-state index in [0.29, 0.717) is 0 Å². The predicted octanol–water partition coefficient (Wildman–Crippen LogP) is 9.39. The monoisotopic (exact) mass is 561 g/mol. The molecule has 0 saturated carbocycles. The summed E-state index contributed by atoms with van der Waals surface area (Å²) in [7, 11) is -10.4. The van der Waals surface area contributed by atoms with Gasteiger partial charge in [0.15, 0.2) is 0 Å². The van der Waals surface area contributed by atoms with Crippen LogP contribution in [0.1, 0.15) is 41.5 Å². The predicted molar refractivity (Wildman–Crippen MR) is 153 cm³/mol. The van der Waals surface area contributed by atoms with Gasteiger partial charge >= 0.3 is 23.0 Å². The SMILES string of the molecule is C=C(C)COP1(OCC(=C)C)=NP(OCC(=C)C)(OCC(=C)C)=NP(OCC(=C)C)(OCC(=C)C)=N1. The molecule has 36 heavy (non-hydrogen) atoms. The molecule has 1 aliphatic heterocycles. The van der Waals surface area contributed by atoms with Crippen molar-refractivity contribution in [2.24, 2.45) is 13.5 Å². The van der Waals surface area contributed by atoms with E-state index in [1.165, 1.54) is 0 Å². The lowest BCUT2D eigenvalue weighted by Crippen LogP contribution is -2.08. The molecule has 9 nitrogen and oxygen atoms in total. The van der Waals surface area contributed by atoms with Crippen molar-refractivity contribution in [2.45, 2.75) is 41.5 Å². The van der Waals surface area contributed by atoms with Crippen molar-refractivity contribution in [3.63, 3.8) is 0 Å². The molecule has 0 aromatic carbocycles. The van der Waals surface area contributed by atoms with E-state index < -0.39 is 23.0 Å². The van der Waals surface area contributed by atoms with Crippen LogP contribution in [-0.4, -0.2) is 39.6 Å². The quantitative estimate of drug-likeness (QED) is 0.122. The van der Waals surface area contributed by atoms with Gasteiger partial charge in [-0.2, -0.15) is 0 Å². The van der Waals surface area contributed by atoms with Crippen molar-refractivity contribution >= 4 is 23.0 Å². The van der Waals surface area contributed by atoms with Crippen LogP contribution in [0.2, 0.25) is 0 Å². The van der Waals surface area contributed by atoms with Gasteiger partial charge in [-0.3, -0.25) is 0 Å². The van der Waals surface area contributed by atoms with Gasteiger partial charge in [0.25, 0.3) is 0 Å². The fraction of sp³-hybridized carbons (Fsp3) is 0.500. The van der Waals surface area contributed by atoms with E-state index in [1.807, 2.05) is 41.5 Å². The average Bonchev–Trinajstić information content (AvgIpc) is 2.76. The van der Waals surface area contributed by atoms with Crippen molar-refractivity contribution in [1.29, 1.82) is 0 Å². The minimum absolute atomic E-state index is 0.138. The van der Waals surface area contributed by atoms with Crippen LogP contribution in [0.3, 0.4) is 0 Å². The Kier molecular flexibility index (Phi) is 13.5. The average molecular weight is 562 g/mol. The summed E-state index contributed by atoms with van der Waals surface area (Å²) in [6, 6.07) is 0. The molecule has 0 spiro atoms. The molecule has 1 rings (SSSR count). The summed E-state index contributed by atoms with van der Waals surface area (Å²) in [5.74, 6) is 0. The first-order chi connectivity index (χ1) is 16.6. The van der Waals surface area contributed by atoms with Crippen LogP contribution in [0, 0.1) is 0 Å². The Labute approximate surface area is 217 Å². The van der Waals surface area contributed by atoms with Gasteiger partial charge < -0.3 is 27.1 Å². The summed E-state index contributed by atoms with van der Waals surface area (Å²) < 4.78 is 51.8. The van der Waals surface area contributed by atoms with E-state index >= 15 is 0 Å². The molecule has 1 aliphatic rings. The van der Waals surface area contributed by atoms with E-state index in [-0.39, 0.29) is 39.6 Å². The van der Waals surface area contributed by atoms with Crippen LogP contribution in [-0.2, 0) is 27.1 Å². The molecule has 1 heterocycles. The molecule has 0 aromatic heterocycles. The number of rotatable bonds is 18. The Morgan fingerprint density at radius 1 is 0.389 bits per heavy atom. The minimum Gasteiger partial charge on any atom is -0.302 e. The van der Waals surface area contributed by atoms with Crippen molar-refractivity contribution in [2.75, 3.05) is 39.6 Å². The summed E-state index contributed by atoms with van der Waals surface area (Å²) >= 11 is 0. The first-order valence-electron chi connectivity index (χ1n) is 11.3. The minimum atomic E-state index is -3.47. The molecule has 0 N–H and O–H groups in total. The molecule has 0 aliphatic carbocycles. The third-order valence-corrected chi connectivity index (χ3v) is 11.8. The van der Waals surface area contributed by atoms with Crippen LogP contribution >= 0.6 is 23.0 Å². The lowest BCUT2D eigenvalue weighted by molar-refractivity contribution is 0.245. The molecule has 204 valence electrons. The third kappa shape index (κ3) is 12.0. The summed E-state index contributed by atoms with van der Waals surface area (Å²) in [4.78, 5) is 0. The maximum absolute atomic E-state index is 6.22. The molecule has 0 bridgehead atoms. The zero-order chi connectivity index (χ0) is 27.6. The molecule has 0 radical (unpaired) electrons. The van der Waals surface area contributed by atoms with Gasteiger partial charge in [0.2, 0.25) is 0 Å². The number of hydrogen-bond acceptors (Lipinski definition) is 9. The lowest BCUT2D eigenvalue weighted by Gasteiger charge is -2.33. The largest absolute Gasteiger partial charge is 0.349 e. The topological polar surface area (TPSA) is 92.5 Å². The van der Waals surface area contributed by atoms with Crippen LogP contribution in [0.4, 0.5) is 0 Å². The highest BCUT2D eigenvalue weighted by Gasteiger charge is 2.43. The van der Waals surface area contributed by atoms with E-state index in [0.717, 1.165) is 33.4 Å². The van der Waals surface area contributed by atoms with Crippen molar-refractivity contribution in [3.8, 4) is 0 Å². The fourth-order valence-electron chi connectivity index (χ4n) is 2.07. The zero-order valence-electron chi connectivity index (χ0n) is 22.6. The molecule has 0 amide bonds. The van der Waals surface area contributed by atoms with Crippen LogP contribution < -0.4 is 0 Å². The van der Waals surface area contributed by atoms with Gasteiger partial charge in [0.05, 0.1) is 39.6 Å². The second-order valence-corrected chi connectivity index (χ2v) is 15.8. The smallest absolute Gasteiger partial charge is 0.302 e. The first kappa shape index (κ1) is 32.9. The summed E-state index contributed by atoms with van der Waals surface area (Å²) in [5, 5.41) is 0. The maximum atomic E-state index is 6.22. The molecule has 0 atom stereocenters. The zero-order valence-corrected chi connectivity index (χ0v) is 25.3. The lowest BCUT2D eigenvalue weighted by atomic mass is 10.4. The molecular weight excluding hydrogens is 519 g/mol. The van der Waals surface area contributed by atoms with E-state index in [1.54, 1.807) is 0 Å². The molecule has 12 heteroatoms. The fourth-order valence-corrected chi connectivity index (χ4v) is 11.9. The highest BCUT2D eigenvalue weighted by Crippen LogP contribution is 2.80. The van der Waals surface area contributed by atoms with Crippen LogP contribution in [0.25, 0.3) is 0 Å². The Hall–Kier alpha value is -1.11. The van der Waals surface area contributed by atoms with Crippen molar-refractivity contribution in [3.05, 3.63) is 72.9 Å². The van der Waals surface area contributed by atoms with Crippen molar-refractivity contribution in [1.82, 2.24) is 0 Å². The van der Waals surface area contributed by atoms with Gasteiger partial charge in [-0.05, 0) is 41.5 Å². The highest BCUT2D eigenvalue weighted by atomic mass is 31.3. The Bertz CT molecular complexity index is 861. The normalized spacial score (nSPS) is 17.2.